The van der Waals surface area contributed by atoms with Crippen LogP contribution in [0, 0.1) is 50.2 Å². The lowest BCUT2D eigenvalue weighted by molar-refractivity contribution is -0.218. The summed E-state index contributed by atoms with van der Waals surface area (Å²) in [7, 11) is 0. The minimum atomic E-state index is -0.398. The summed E-state index contributed by atoms with van der Waals surface area (Å²) < 4.78 is 0. The molecule has 5 rings (SSSR count). The lowest BCUT2D eigenvalue weighted by Crippen LogP contribution is -2.66. The van der Waals surface area contributed by atoms with E-state index in [1.807, 2.05) is 0 Å². The van der Waals surface area contributed by atoms with Crippen molar-refractivity contribution in [2.75, 3.05) is 6.61 Å². The number of rotatable bonds is 1. The number of aliphatic hydroxyl groups excluding tert-OH is 3. The minimum absolute atomic E-state index is 0.0207. The lowest BCUT2D eigenvalue weighted by Gasteiger charge is -2.71. The summed E-state index contributed by atoms with van der Waals surface area (Å²) in [6.45, 7) is 16.8. The third kappa shape index (κ3) is 2.85. The first-order valence-electron chi connectivity index (χ1n) is 13.9. The minimum Gasteiger partial charge on any atom is -0.396 e. The van der Waals surface area contributed by atoms with Crippen molar-refractivity contribution in [3.05, 3.63) is 11.6 Å². The molecule has 4 saturated carbocycles. The van der Waals surface area contributed by atoms with Crippen LogP contribution < -0.4 is 0 Å². The Labute approximate surface area is 202 Å². The van der Waals surface area contributed by atoms with E-state index in [1.54, 1.807) is 5.57 Å². The Morgan fingerprint density at radius 3 is 2.15 bits per heavy atom. The van der Waals surface area contributed by atoms with Crippen molar-refractivity contribution in [2.24, 2.45) is 50.2 Å². The van der Waals surface area contributed by atoms with Crippen LogP contribution in [0.2, 0.25) is 0 Å². The Hall–Kier alpha value is -0.380. The number of aliphatic hydroxyl groups is 3. The average Bonchev–Trinajstić information content (AvgIpc) is 2.75. The molecule has 3 nitrogen and oxygen atoms in total. The summed E-state index contributed by atoms with van der Waals surface area (Å²) in [5.74, 6) is 1.21. The molecule has 5 aliphatic carbocycles. The monoisotopic (exact) mass is 458 g/mol. The van der Waals surface area contributed by atoms with E-state index in [4.69, 9.17) is 0 Å². The highest BCUT2D eigenvalue weighted by atomic mass is 16.3. The second-order valence-electron chi connectivity index (χ2n) is 15.1. The number of hydrogen-bond donors (Lipinski definition) is 3. The number of hydrogen-bond acceptors (Lipinski definition) is 3. The van der Waals surface area contributed by atoms with E-state index >= 15 is 0 Å². The fourth-order valence-electron chi connectivity index (χ4n) is 10.6. The fraction of sp³-hybridized carbons (Fsp3) is 0.933. The molecule has 0 aromatic carbocycles. The van der Waals surface area contributed by atoms with Gasteiger partial charge >= 0.3 is 0 Å². The van der Waals surface area contributed by atoms with Crippen molar-refractivity contribution in [1.82, 2.24) is 0 Å². The smallest absolute Gasteiger partial charge is 0.0661 e. The van der Waals surface area contributed by atoms with Crippen LogP contribution in [0.25, 0.3) is 0 Å². The number of fused-ring (bicyclic) bond motifs is 7. The molecule has 0 amide bonds. The molecule has 10 unspecified atom stereocenters. The molecule has 10 atom stereocenters. The predicted molar refractivity (Wildman–Crippen MR) is 134 cm³/mol. The van der Waals surface area contributed by atoms with Gasteiger partial charge in [0.2, 0.25) is 0 Å². The molecule has 0 aromatic rings. The summed E-state index contributed by atoms with van der Waals surface area (Å²) in [4.78, 5) is 0. The molecule has 3 heteroatoms. The van der Waals surface area contributed by atoms with Gasteiger partial charge in [0.25, 0.3) is 0 Å². The van der Waals surface area contributed by atoms with Gasteiger partial charge in [-0.3, -0.25) is 0 Å². The highest BCUT2D eigenvalue weighted by Crippen LogP contribution is 2.75. The number of allylic oxidation sites excluding steroid dienone is 1. The van der Waals surface area contributed by atoms with Crippen molar-refractivity contribution in [3.63, 3.8) is 0 Å². The molecular formula is C30H50O3. The molecule has 5 aliphatic rings. The van der Waals surface area contributed by atoms with E-state index in [-0.39, 0.29) is 45.7 Å². The van der Waals surface area contributed by atoms with Crippen molar-refractivity contribution in [2.45, 2.75) is 118 Å². The Balaban J connectivity index is 1.59. The van der Waals surface area contributed by atoms with Crippen LogP contribution >= 0.6 is 0 Å². The zero-order chi connectivity index (χ0) is 24.2. The summed E-state index contributed by atoms with van der Waals surface area (Å²) >= 11 is 0. The molecule has 4 fully saturated rings. The summed E-state index contributed by atoms with van der Waals surface area (Å²) in [6, 6.07) is 0. The first kappa shape index (κ1) is 24.3. The van der Waals surface area contributed by atoms with E-state index in [2.05, 4.69) is 54.5 Å². The van der Waals surface area contributed by atoms with E-state index in [0.29, 0.717) is 11.8 Å². The maximum atomic E-state index is 11.7. The maximum Gasteiger partial charge on any atom is 0.0661 e. The molecule has 33 heavy (non-hydrogen) atoms. The Kier molecular flexibility index (Phi) is 5.23. The highest BCUT2D eigenvalue weighted by molar-refractivity contribution is 5.34. The molecule has 0 bridgehead atoms. The molecule has 0 aromatic heterocycles. The summed E-state index contributed by atoms with van der Waals surface area (Å²) in [5.41, 5.74) is 1.84. The van der Waals surface area contributed by atoms with Gasteiger partial charge in [0.05, 0.1) is 18.8 Å². The highest BCUT2D eigenvalue weighted by Gasteiger charge is 2.69. The lowest BCUT2D eigenvalue weighted by atomic mass is 9.33. The maximum absolute atomic E-state index is 11.7. The molecule has 0 radical (unpaired) electrons. The van der Waals surface area contributed by atoms with E-state index in [0.717, 1.165) is 38.5 Å². The average molecular weight is 459 g/mol. The third-order valence-electron chi connectivity index (χ3n) is 13.4. The second kappa shape index (κ2) is 7.10. The Morgan fingerprint density at radius 2 is 1.48 bits per heavy atom. The van der Waals surface area contributed by atoms with Crippen LogP contribution in [-0.4, -0.2) is 34.1 Å². The SMILES string of the molecule is CC1(C)CCC2(C)CCC3(C)C(=CCC4C5(C)CCC(O)C(C)(CO)C5CCC43C)C2C1O. The van der Waals surface area contributed by atoms with E-state index in [9.17, 15) is 15.3 Å². The molecule has 0 aliphatic heterocycles. The van der Waals surface area contributed by atoms with Gasteiger partial charge in [0.1, 0.15) is 0 Å². The van der Waals surface area contributed by atoms with Crippen molar-refractivity contribution in [1.29, 1.82) is 0 Å². The quantitative estimate of drug-likeness (QED) is 0.415. The van der Waals surface area contributed by atoms with Crippen LogP contribution in [-0.2, 0) is 0 Å². The van der Waals surface area contributed by atoms with Gasteiger partial charge in [-0.25, -0.2) is 0 Å². The van der Waals surface area contributed by atoms with Crippen LogP contribution in [0.5, 0.6) is 0 Å². The largest absolute Gasteiger partial charge is 0.396 e. The fourth-order valence-corrected chi connectivity index (χ4v) is 10.6. The van der Waals surface area contributed by atoms with Crippen LogP contribution in [0.4, 0.5) is 0 Å². The summed E-state index contributed by atoms with van der Waals surface area (Å²) in [5, 5.41) is 33.0. The van der Waals surface area contributed by atoms with E-state index < -0.39 is 11.5 Å². The van der Waals surface area contributed by atoms with Crippen molar-refractivity contribution < 1.29 is 15.3 Å². The van der Waals surface area contributed by atoms with Gasteiger partial charge in [-0.15, -0.1) is 0 Å². The second-order valence-corrected chi connectivity index (χ2v) is 15.1. The molecule has 3 N–H and O–H groups in total. The normalized spacial score (nSPS) is 57.8. The molecule has 188 valence electrons. The van der Waals surface area contributed by atoms with Gasteiger partial charge in [-0.1, -0.05) is 60.1 Å². The van der Waals surface area contributed by atoms with Crippen molar-refractivity contribution >= 4 is 0 Å². The molecular weight excluding hydrogens is 408 g/mol. The van der Waals surface area contributed by atoms with Crippen molar-refractivity contribution in [3.8, 4) is 0 Å². The van der Waals surface area contributed by atoms with Gasteiger partial charge in [-0.05, 0) is 96.7 Å². The third-order valence-corrected chi connectivity index (χ3v) is 13.4. The first-order chi connectivity index (χ1) is 15.2. The Bertz CT molecular complexity index is 847. The summed E-state index contributed by atoms with van der Waals surface area (Å²) in [6.07, 6.45) is 11.9. The van der Waals surface area contributed by atoms with E-state index in [1.165, 1.54) is 19.3 Å². The van der Waals surface area contributed by atoms with Crippen LogP contribution in [0.1, 0.15) is 106 Å². The van der Waals surface area contributed by atoms with Crippen LogP contribution in [0.15, 0.2) is 11.6 Å². The zero-order valence-corrected chi connectivity index (χ0v) is 22.4. The molecule has 0 saturated heterocycles. The van der Waals surface area contributed by atoms with Crippen LogP contribution in [0.3, 0.4) is 0 Å². The van der Waals surface area contributed by atoms with Gasteiger partial charge in [0.15, 0.2) is 0 Å². The Morgan fingerprint density at radius 1 is 0.818 bits per heavy atom. The predicted octanol–water partition coefficient (Wildman–Crippen LogP) is 6.11. The topological polar surface area (TPSA) is 60.7 Å². The molecule has 0 heterocycles. The van der Waals surface area contributed by atoms with Gasteiger partial charge < -0.3 is 15.3 Å². The van der Waals surface area contributed by atoms with Gasteiger partial charge in [-0.2, -0.15) is 0 Å². The van der Waals surface area contributed by atoms with Gasteiger partial charge in [0, 0.05) is 11.3 Å². The molecule has 0 spiro atoms. The standard InChI is InChI=1S/C30H50O3/c1-25(2)14-15-26(3)16-17-29(6)19(23(26)24(25)33)8-9-21-27(4)12-11-22(32)28(5,18-31)20(27)10-13-30(21,29)7/h8,20-24,31-33H,9-18H2,1-7H3. The zero-order valence-electron chi connectivity index (χ0n) is 22.4. The first-order valence-corrected chi connectivity index (χ1v) is 13.9.